The lowest BCUT2D eigenvalue weighted by molar-refractivity contribution is -0.00467. The second-order valence-electron chi connectivity index (χ2n) is 9.46. The van der Waals surface area contributed by atoms with Gasteiger partial charge < -0.3 is 10.1 Å². The number of nitrogens with zero attached hydrogens (tertiary/aromatic N) is 4. The maximum atomic E-state index is 14.9. The molecular formula is C27H26FN5O3S. The number of hydrogen-bond donors (Lipinski definition) is 1. The summed E-state index contributed by atoms with van der Waals surface area (Å²) in [6, 6.07) is 15.9. The maximum absolute atomic E-state index is 14.9. The first-order chi connectivity index (χ1) is 17.6. The number of fused-ring (bicyclic) bond motifs is 2. The first kappa shape index (κ1) is 24.9. The molecule has 1 amide bonds. The second-order valence-corrected chi connectivity index (χ2v) is 12.0. The van der Waals surface area contributed by atoms with Gasteiger partial charge in [-0.25, -0.2) is 18.6 Å². The van der Waals surface area contributed by atoms with Crippen molar-refractivity contribution in [2.45, 2.75) is 25.7 Å². The smallest absolute Gasteiger partial charge is 0.251 e. The summed E-state index contributed by atoms with van der Waals surface area (Å²) in [7, 11) is -2.34. The summed E-state index contributed by atoms with van der Waals surface area (Å²) in [6.07, 6.45) is 4.81. The van der Waals surface area contributed by atoms with Crippen LogP contribution < -0.4 is 5.32 Å². The minimum Gasteiger partial charge on any atom is -0.373 e. The Morgan fingerprint density at radius 3 is 2.76 bits per heavy atom. The third kappa shape index (κ3) is 5.65. The summed E-state index contributed by atoms with van der Waals surface area (Å²) in [4.78, 5) is 26.4. The predicted molar refractivity (Wildman–Crippen MR) is 141 cm³/mol. The lowest BCUT2D eigenvalue weighted by Crippen LogP contribution is -2.30. The van der Waals surface area contributed by atoms with Gasteiger partial charge in [0.25, 0.3) is 5.91 Å². The van der Waals surface area contributed by atoms with E-state index in [1.54, 1.807) is 55.1 Å². The number of amides is 1. The van der Waals surface area contributed by atoms with E-state index in [1.165, 1.54) is 6.92 Å². The number of halogens is 1. The van der Waals surface area contributed by atoms with Crippen molar-refractivity contribution in [1.29, 1.82) is 0 Å². The monoisotopic (exact) mass is 519 g/mol. The summed E-state index contributed by atoms with van der Waals surface area (Å²) in [5, 5.41) is 3.69. The average molecular weight is 520 g/mol. The molecular weight excluding hydrogens is 493 g/mol. The quantitative estimate of drug-likeness (QED) is 0.410. The maximum Gasteiger partial charge on any atom is 0.251 e. The van der Waals surface area contributed by atoms with Crippen LogP contribution in [0.3, 0.4) is 0 Å². The van der Waals surface area contributed by atoms with Crippen molar-refractivity contribution in [3.63, 3.8) is 0 Å². The number of alkyl halides is 1. The molecule has 1 aliphatic heterocycles. The standard InChI is InChI=1S/C27H26FN5O3S/c1-27(28)16-36-15-19-8-7-17(11-21(19)27)26(34)30-14-20-12-24-18(13-29-20)9-10-23(31-24)22-5-4-6-25(32-22)33-37(2,3)35/h4-13H,14-16H2,1-3H3,(H,30,34)/t27-/m1/s1. The van der Waals surface area contributed by atoms with Crippen LogP contribution >= 0.6 is 0 Å². The Kier molecular flexibility index (Phi) is 6.47. The number of carbonyl (C=O) groups is 1. The molecule has 10 heteroatoms. The van der Waals surface area contributed by atoms with Crippen molar-refractivity contribution in [2.75, 3.05) is 19.1 Å². The number of hydrogen-bond acceptors (Lipinski definition) is 7. The molecule has 5 rings (SSSR count). The van der Waals surface area contributed by atoms with E-state index in [0.29, 0.717) is 46.2 Å². The molecule has 0 unspecified atom stereocenters. The fourth-order valence-corrected chi connectivity index (χ4v) is 4.72. The summed E-state index contributed by atoms with van der Waals surface area (Å²) in [6.45, 7) is 1.94. The van der Waals surface area contributed by atoms with E-state index in [2.05, 4.69) is 19.6 Å². The van der Waals surface area contributed by atoms with Crippen molar-refractivity contribution in [3.05, 3.63) is 83.2 Å². The van der Waals surface area contributed by atoms with Gasteiger partial charge in [0.15, 0.2) is 11.5 Å². The van der Waals surface area contributed by atoms with E-state index in [-0.39, 0.29) is 19.1 Å². The molecule has 1 aliphatic rings. The highest BCUT2D eigenvalue weighted by Crippen LogP contribution is 2.34. The van der Waals surface area contributed by atoms with Crippen LogP contribution in [0.5, 0.6) is 0 Å². The molecule has 0 fully saturated rings. The molecule has 1 aromatic carbocycles. The fraction of sp³-hybridized carbons (Fsp3) is 0.259. The first-order valence-corrected chi connectivity index (χ1v) is 14.0. The molecule has 190 valence electrons. The summed E-state index contributed by atoms with van der Waals surface area (Å²) < 4.78 is 36.4. The molecule has 0 aliphatic carbocycles. The Morgan fingerprint density at radius 1 is 1.14 bits per heavy atom. The SMILES string of the molecule is C[C@@]1(F)COCc2ccc(C(=O)NCc3cc4nc(-c5cccc(N=S(C)(C)=O)n5)ccc4cn3)cc21. The first-order valence-electron chi connectivity index (χ1n) is 11.7. The third-order valence-electron chi connectivity index (χ3n) is 5.93. The molecule has 8 nitrogen and oxygen atoms in total. The minimum atomic E-state index is -2.34. The Bertz CT molecular complexity index is 1640. The Balaban J connectivity index is 1.35. The van der Waals surface area contributed by atoms with E-state index in [0.717, 1.165) is 10.9 Å². The highest BCUT2D eigenvalue weighted by molar-refractivity contribution is 7.92. The number of rotatable bonds is 5. The van der Waals surface area contributed by atoms with Crippen LogP contribution in [0.25, 0.3) is 22.3 Å². The van der Waals surface area contributed by atoms with Crippen LogP contribution in [0.2, 0.25) is 0 Å². The van der Waals surface area contributed by atoms with Crippen molar-refractivity contribution in [3.8, 4) is 11.4 Å². The molecule has 3 aromatic heterocycles. The molecule has 4 aromatic rings. The number of aromatic nitrogens is 3. The number of carbonyl (C=O) groups excluding carboxylic acids is 1. The Morgan fingerprint density at radius 2 is 1.95 bits per heavy atom. The van der Waals surface area contributed by atoms with Crippen LogP contribution in [0.1, 0.15) is 34.1 Å². The predicted octanol–water partition coefficient (Wildman–Crippen LogP) is 4.70. The molecule has 0 bridgehead atoms. The van der Waals surface area contributed by atoms with Gasteiger partial charge in [0.05, 0.1) is 42.4 Å². The van der Waals surface area contributed by atoms with E-state index in [4.69, 9.17) is 9.72 Å². The normalized spacial score (nSPS) is 17.3. The lowest BCUT2D eigenvalue weighted by Gasteiger charge is -2.29. The van der Waals surface area contributed by atoms with Gasteiger partial charge in [0.2, 0.25) is 0 Å². The van der Waals surface area contributed by atoms with Crippen LogP contribution in [-0.2, 0) is 33.3 Å². The van der Waals surface area contributed by atoms with Gasteiger partial charge in [-0.3, -0.25) is 9.78 Å². The molecule has 1 N–H and O–H groups in total. The van der Waals surface area contributed by atoms with Crippen LogP contribution in [0.15, 0.2) is 65.2 Å². The summed E-state index contributed by atoms with van der Waals surface area (Å²) >= 11 is 0. The van der Waals surface area contributed by atoms with Gasteiger partial charge in [-0.15, -0.1) is 0 Å². The van der Waals surface area contributed by atoms with Crippen molar-refractivity contribution in [1.82, 2.24) is 20.3 Å². The topological polar surface area (TPSA) is 106 Å². The van der Waals surface area contributed by atoms with Gasteiger partial charge >= 0.3 is 0 Å². The van der Waals surface area contributed by atoms with E-state index < -0.39 is 15.4 Å². The zero-order valence-corrected chi connectivity index (χ0v) is 21.5. The highest BCUT2D eigenvalue weighted by atomic mass is 32.2. The number of benzene rings is 1. The van der Waals surface area contributed by atoms with E-state index in [1.807, 2.05) is 18.2 Å². The van der Waals surface area contributed by atoms with Gasteiger partial charge in [0, 0.05) is 39.4 Å². The number of pyridine rings is 3. The number of ether oxygens (including phenoxy) is 1. The van der Waals surface area contributed by atoms with Gasteiger partial charge in [-0.2, -0.15) is 4.36 Å². The van der Waals surface area contributed by atoms with E-state index >= 15 is 0 Å². The molecule has 0 radical (unpaired) electrons. The minimum absolute atomic E-state index is 0.0344. The average Bonchev–Trinajstić information content (AvgIpc) is 2.85. The third-order valence-corrected chi connectivity index (χ3v) is 6.56. The molecule has 4 heterocycles. The fourth-order valence-electron chi connectivity index (χ4n) is 4.17. The van der Waals surface area contributed by atoms with E-state index in [9.17, 15) is 13.4 Å². The van der Waals surface area contributed by atoms with Crippen LogP contribution in [-0.4, -0.2) is 44.2 Å². The lowest BCUT2D eigenvalue weighted by atomic mass is 9.90. The largest absolute Gasteiger partial charge is 0.373 e. The van der Waals surface area contributed by atoms with Crippen LogP contribution in [0.4, 0.5) is 10.2 Å². The van der Waals surface area contributed by atoms with Gasteiger partial charge in [-0.1, -0.05) is 12.1 Å². The van der Waals surface area contributed by atoms with Crippen molar-refractivity contribution < 1.29 is 18.1 Å². The number of nitrogens with one attached hydrogen (secondary N) is 1. The highest BCUT2D eigenvalue weighted by Gasteiger charge is 2.33. The summed E-state index contributed by atoms with van der Waals surface area (Å²) in [5.74, 6) is 0.0668. The molecule has 37 heavy (non-hydrogen) atoms. The van der Waals surface area contributed by atoms with Crippen LogP contribution in [0, 0.1) is 0 Å². The van der Waals surface area contributed by atoms with Gasteiger partial charge in [-0.05, 0) is 60.5 Å². The Hall–Kier alpha value is -3.76. The molecule has 0 saturated heterocycles. The zero-order chi connectivity index (χ0) is 26.2. The van der Waals surface area contributed by atoms with Gasteiger partial charge in [0.1, 0.15) is 0 Å². The molecule has 1 atom stereocenters. The zero-order valence-electron chi connectivity index (χ0n) is 20.7. The molecule has 0 spiro atoms. The molecule has 0 saturated carbocycles. The van der Waals surface area contributed by atoms with Crippen molar-refractivity contribution in [2.24, 2.45) is 4.36 Å². The second kappa shape index (κ2) is 9.60. The Labute approximate surface area is 214 Å². The summed E-state index contributed by atoms with van der Waals surface area (Å²) in [5.41, 5.74) is 2.54. The van der Waals surface area contributed by atoms with Crippen molar-refractivity contribution >= 4 is 32.4 Å².